The number of alkyl halides is 2. The molecule has 0 saturated carbocycles. The minimum absolute atomic E-state index is 0.0656. The Hall–Kier alpha value is -0.510. The van der Waals surface area contributed by atoms with Crippen molar-refractivity contribution < 1.29 is 17.7 Å². The predicted octanol–water partition coefficient (Wildman–Crippen LogP) is 1.77. The summed E-state index contributed by atoms with van der Waals surface area (Å²) in [6.07, 6.45) is -2.12. The Morgan fingerprint density at radius 1 is 1.30 bits per heavy atom. The molecule has 0 spiro atoms. The molecule has 0 unspecified atom stereocenters. The first-order valence-electron chi connectivity index (χ1n) is 2.80. The molecule has 4 heteroatoms. The predicted molar refractivity (Wildman–Crippen MR) is 33.2 cm³/mol. The lowest BCUT2D eigenvalue weighted by atomic mass is 10.5. The fourth-order valence-corrected chi connectivity index (χ4v) is 0.426. The maximum atomic E-state index is 12.1. The van der Waals surface area contributed by atoms with Gasteiger partial charge in [-0.3, -0.25) is 0 Å². The van der Waals surface area contributed by atoms with Crippen LogP contribution in [0.1, 0.15) is 0 Å². The summed E-state index contributed by atoms with van der Waals surface area (Å²) >= 11 is 0. The van der Waals surface area contributed by atoms with Crippen molar-refractivity contribution in [2.75, 3.05) is 21.1 Å². The summed E-state index contributed by atoms with van der Waals surface area (Å²) in [5.41, 5.74) is 0. The Bertz CT molecular complexity index is 134. The molecule has 0 amide bonds. The van der Waals surface area contributed by atoms with Crippen LogP contribution in [-0.4, -0.2) is 32.1 Å². The van der Waals surface area contributed by atoms with Crippen LogP contribution in [0.25, 0.3) is 0 Å². The van der Waals surface area contributed by atoms with E-state index in [9.17, 15) is 13.2 Å². The average molecular weight is 154 g/mol. The molecule has 0 aliphatic heterocycles. The highest BCUT2D eigenvalue weighted by Gasteiger charge is 2.15. The SMILES string of the molecule is C[N+](C)(C)/C=C(/F)C(F)F. The van der Waals surface area contributed by atoms with E-state index in [2.05, 4.69) is 0 Å². The van der Waals surface area contributed by atoms with Gasteiger partial charge in [0.1, 0.15) is 6.20 Å². The largest absolute Gasteiger partial charge is 0.302 e. The average Bonchev–Trinajstić information content (AvgIpc) is 1.60. The highest BCUT2D eigenvalue weighted by molar-refractivity contribution is 4.88. The number of quaternary nitrogens is 1. The molecule has 0 aromatic carbocycles. The number of allylic oxidation sites excluding steroid dienone is 1. The van der Waals surface area contributed by atoms with Crippen LogP contribution in [0.5, 0.6) is 0 Å². The molecular formula is C6H11F3N+. The molecule has 0 bridgehead atoms. The second-order valence-corrected chi connectivity index (χ2v) is 2.93. The van der Waals surface area contributed by atoms with Crippen molar-refractivity contribution >= 4 is 0 Å². The zero-order chi connectivity index (χ0) is 8.36. The molecule has 1 nitrogen and oxygen atoms in total. The minimum atomic E-state index is -2.99. The van der Waals surface area contributed by atoms with Gasteiger partial charge in [-0.05, 0) is 0 Å². The third kappa shape index (κ3) is 4.38. The van der Waals surface area contributed by atoms with E-state index < -0.39 is 12.3 Å². The topological polar surface area (TPSA) is 0 Å². The summed E-state index contributed by atoms with van der Waals surface area (Å²) in [5.74, 6) is -1.37. The van der Waals surface area contributed by atoms with E-state index in [1.54, 1.807) is 21.1 Å². The Labute approximate surface area is 58.3 Å². The van der Waals surface area contributed by atoms with Crippen LogP contribution in [0.15, 0.2) is 12.0 Å². The maximum absolute atomic E-state index is 12.1. The fraction of sp³-hybridized carbons (Fsp3) is 0.667. The van der Waals surface area contributed by atoms with Gasteiger partial charge in [0.25, 0.3) is 6.43 Å². The van der Waals surface area contributed by atoms with Gasteiger partial charge < -0.3 is 4.48 Å². The molecule has 0 radical (unpaired) electrons. The Morgan fingerprint density at radius 2 is 1.70 bits per heavy atom. The fourth-order valence-electron chi connectivity index (χ4n) is 0.426. The monoisotopic (exact) mass is 154 g/mol. The van der Waals surface area contributed by atoms with Crippen molar-refractivity contribution in [1.82, 2.24) is 0 Å². The van der Waals surface area contributed by atoms with Gasteiger partial charge in [0.05, 0.1) is 21.1 Å². The first kappa shape index (κ1) is 9.49. The van der Waals surface area contributed by atoms with E-state index in [0.29, 0.717) is 0 Å². The van der Waals surface area contributed by atoms with Gasteiger partial charge in [0.15, 0.2) is 0 Å². The third-order valence-corrected chi connectivity index (χ3v) is 0.719. The van der Waals surface area contributed by atoms with Crippen LogP contribution in [0.2, 0.25) is 0 Å². The van der Waals surface area contributed by atoms with Crippen LogP contribution >= 0.6 is 0 Å². The summed E-state index contributed by atoms with van der Waals surface area (Å²) in [6.45, 7) is 0. The zero-order valence-electron chi connectivity index (χ0n) is 6.24. The number of rotatable bonds is 2. The summed E-state index contributed by atoms with van der Waals surface area (Å²) in [5, 5.41) is 0. The van der Waals surface area contributed by atoms with E-state index in [1.165, 1.54) is 0 Å². The Balaban J connectivity index is 4.17. The van der Waals surface area contributed by atoms with Crippen molar-refractivity contribution in [2.24, 2.45) is 0 Å². The van der Waals surface area contributed by atoms with Crippen LogP contribution in [0.3, 0.4) is 0 Å². The van der Waals surface area contributed by atoms with Gasteiger partial charge in [-0.2, -0.15) is 4.39 Å². The standard InChI is InChI=1S/C6H11F3N/c1-10(2,3)4-5(7)6(8)9/h4,6H,1-3H3/q+1/b5-4+. The molecule has 0 N–H and O–H groups in total. The normalized spacial score (nSPS) is 14.5. The third-order valence-electron chi connectivity index (χ3n) is 0.719. The van der Waals surface area contributed by atoms with Crippen LogP contribution in [0.4, 0.5) is 13.2 Å². The van der Waals surface area contributed by atoms with Gasteiger partial charge in [0.2, 0.25) is 5.83 Å². The molecular weight excluding hydrogens is 143 g/mol. The lowest BCUT2D eigenvalue weighted by Crippen LogP contribution is -2.27. The van der Waals surface area contributed by atoms with E-state index >= 15 is 0 Å². The summed E-state index contributed by atoms with van der Waals surface area (Å²) in [6, 6.07) is 0. The highest BCUT2D eigenvalue weighted by atomic mass is 19.3. The molecule has 0 saturated heterocycles. The van der Waals surface area contributed by atoms with Crippen LogP contribution < -0.4 is 0 Å². The number of halogens is 3. The second kappa shape index (κ2) is 3.05. The van der Waals surface area contributed by atoms with E-state index in [4.69, 9.17) is 0 Å². The smallest absolute Gasteiger partial charge is 0.294 e. The molecule has 60 valence electrons. The Kier molecular flexibility index (Phi) is 2.90. The first-order valence-corrected chi connectivity index (χ1v) is 2.80. The van der Waals surface area contributed by atoms with Crippen LogP contribution in [-0.2, 0) is 0 Å². The van der Waals surface area contributed by atoms with Crippen molar-refractivity contribution in [3.05, 3.63) is 12.0 Å². The van der Waals surface area contributed by atoms with Crippen molar-refractivity contribution in [3.63, 3.8) is 0 Å². The molecule has 0 fully saturated rings. The molecule has 0 rings (SSSR count). The molecule has 0 aliphatic carbocycles. The molecule has 0 aromatic rings. The van der Waals surface area contributed by atoms with E-state index in [1.807, 2.05) is 0 Å². The van der Waals surface area contributed by atoms with Gasteiger partial charge >= 0.3 is 0 Å². The molecule has 0 aromatic heterocycles. The second-order valence-electron chi connectivity index (χ2n) is 2.93. The Morgan fingerprint density at radius 3 is 1.80 bits per heavy atom. The maximum Gasteiger partial charge on any atom is 0.294 e. The molecule has 0 atom stereocenters. The highest BCUT2D eigenvalue weighted by Crippen LogP contribution is 2.11. The number of nitrogens with zero attached hydrogens (tertiary/aromatic N) is 1. The lowest BCUT2D eigenvalue weighted by Gasteiger charge is -2.17. The summed E-state index contributed by atoms with van der Waals surface area (Å²) in [7, 11) is 4.80. The van der Waals surface area contributed by atoms with E-state index in [0.717, 1.165) is 6.20 Å². The summed E-state index contributed by atoms with van der Waals surface area (Å²) < 4.78 is 35.2. The van der Waals surface area contributed by atoms with Crippen molar-refractivity contribution in [3.8, 4) is 0 Å². The van der Waals surface area contributed by atoms with Crippen molar-refractivity contribution in [1.29, 1.82) is 0 Å². The zero-order valence-corrected chi connectivity index (χ0v) is 6.24. The van der Waals surface area contributed by atoms with Gasteiger partial charge in [-0.25, -0.2) is 8.78 Å². The lowest BCUT2D eigenvalue weighted by molar-refractivity contribution is -0.818. The summed E-state index contributed by atoms with van der Waals surface area (Å²) in [4.78, 5) is 0. The first-order chi connectivity index (χ1) is 4.33. The quantitative estimate of drug-likeness (QED) is 0.532. The van der Waals surface area contributed by atoms with Crippen LogP contribution in [0, 0.1) is 0 Å². The molecule has 0 aliphatic rings. The van der Waals surface area contributed by atoms with Crippen molar-refractivity contribution in [2.45, 2.75) is 6.43 Å². The van der Waals surface area contributed by atoms with E-state index in [-0.39, 0.29) is 4.48 Å². The van der Waals surface area contributed by atoms with Gasteiger partial charge in [0, 0.05) is 0 Å². The number of hydrogen-bond acceptors (Lipinski definition) is 0. The molecule has 10 heavy (non-hydrogen) atoms. The number of hydrogen-bond donors (Lipinski definition) is 0. The minimum Gasteiger partial charge on any atom is -0.302 e. The van der Waals surface area contributed by atoms with Gasteiger partial charge in [-0.1, -0.05) is 0 Å². The molecule has 0 heterocycles. The van der Waals surface area contributed by atoms with Gasteiger partial charge in [-0.15, -0.1) is 0 Å².